The maximum absolute atomic E-state index is 14.8. The Morgan fingerprint density at radius 3 is 2.45 bits per heavy atom. The van der Waals surface area contributed by atoms with Gasteiger partial charge in [0.25, 0.3) is 0 Å². The smallest absolute Gasteiger partial charge is 0.225 e. The van der Waals surface area contributed by atoms with E-state index in [9.17, 15) is 9.18 Å². The number of amides is 1. The Balaban J connectivity index is 1.55. The van der Waals surface area contributed by atoms with Gasteiger partial charge in [0.15, 0.2) is 0 Å². The molecule has 1 saturated carbocycles. The van der Waals surface area contributed by atoms with Gasteiger partial charge in [-0.25, -0.2) is 14.4 Å². The van der Waals surface area contributed by atoms with Crippen molar-refractivity contribution in [3.8, 4) is 0 Å². The van der Waals surface area contributed by atoms with Crippen LogP contribution in [0, 0.1) is 19.8 Å². The van der Waals surface area contributed by atoms with Gasteiger partial charge in [0.2, 0.25) is 11.9 Å². The zero-order chi connectivity index (χ0) is 15.7. The predicted molar refractivity (Wildman–Crippen MR) is 82.5 cm³/mol. The quantitative estimate of drug-likeness (QED) is 0.923. The molecule has 5 nitrogen and oxygen atoms in total. The van der Waals surface area contributed by atoms with Crippen molar-refractivity contribution in [2.75, 3.05) is 24.5 Å². The third-order valence-electron chi connectivity index (χ3n) is 4.44. The second kappa shape index (κ2) is 5.82. The predicted octanol–water partition coefficient (Wildman–Crippen LogP) is 1.93. The highest BCUT2D eigenvalue weighted by atomic mass is 19.1. The minimum atomic E-state index is -1.31. The molecule has 0 aromatic carbocycles. The minimum absolute atomic E-state index is 0.0112. The summed E-state index contributed by atoms with van der Waals surface area (Å²) in [5, 5.41) is 2.76. The highest BCUT2D eigenvalue weighted by molar-refractivity contribution is 5.80. The normalized spacial score (nSPS) is 20.8. The summed E-state index contributed by atoms with van der Waals surface area (Å²) in [7, 11) is 0. The van der Waals surface area contributed by atoms with E-state index in [-0.39, 0.29) is 18.4 Å². The molecule has 1 amide bonds. The van der Waals surface area contributed by atoms with Gasteiger partial charge in [-0.1, -0.05) is 0 Å². The monoisotopic (exact) mass is 306 g/mol. The summed E-state index contributed by atoms with van der Waals surface area (Å²) >= 11 is 0. The van der Waals surface area contributed by atoms with E-state index in [0.29, 0.717) is 31.9 Å². The molecule has 0 unspecified atom stereocenters. The maximum atomic E-state index is 14.8. The summed E-state index contributed by atoms with van der Waals surface area (Å²) in [5.41, 5.74) is 0.549. The van der Waals surface area contributed by atoms with Gasteiger partial charge in [-0.2, -0.15) is 0 Å². The van der Waals surface area contributed by atoms with E-state index < -0.39 is 5.67 Å². The number of hydrogen-bond donors (Lipinski definition) is 1. The molecule has 1 aromatic rings. The number of carbonyl (C=O) groups is 1. The average Bonchev–Trinajstić information content (AvgIpc) is 3.29. The number of anilines is 1. The highest BCUT2D eigenvalue weighted by Gasteiger charge is 2.37. The number of piperidine rings is 1. The number of halogens is 1. The Morgan fingerprint density at radius 2 is 1.91 bits per heavy atom. The number of aromatic nitrogens is 2. The standard InChI is InChI=1S/C16H23FN4O/c1-11-9-12(2)20-15(19-11)21-7-5-16(17,6-8-21)10-18-14(22)13-3-4-13/h9,13H,3-8,10H2,1-2H3,(H,18,22). The summed E-state index contributed by atoms with van der Waals surface area (Å²) in [6, 6.07) is 1.93. The summed E-state index contributed by atoms with van der Waals surface area (Å²) in [6.07, 6.45) is 2.69. The van der Waals surface area contributed by atoms with Crippen LogP contribution in [-0.4, -0.2) is 41.2 Å². The molecule has 0 spiro atoms. The van der Waals surface area contributed by atoms with Crippen molar-refractivity contribution in [1.82, 2.24) is 15.3 Å². The molecule has 1 aromatic heterocycles. The van der Waals surface area contributed by atoms with E-state index in [1.165, 1.54) is 0 Å². The summed E-state index contributed by atoms with van der Waals surface area (Å²) in [5.74, 6) is 0.825. The lowest BCUT2D eigenvalue weighted by Crippen LogP contribution is -2.49. The lowest BCUT2D eigenvalue weighted by atomic mass is 9.93. The van der Waals surface area contributed by atoms with Gasteiger partial charge in [0, 0.05) is 43.2 Å². The van der Waals surface area contributed by atoms with Gasteiger partial charge in [0.05, 0.1) is 6.54 Å². The van der Waals surface area contributed by atoms with Gasteiger partial charge in [0.1, 0.15) is 5.67 Å². The highest BCUT2D eigenvalue weighted by Crippen LogP contribution is 2.31. The van der Waals surface area contributed by atoms with Gasteiger partial charge in [-0.05, 0) is 32.8 Å². The lowest BCUT2D eigenvalue weighted by molar-refractivity contribution is -0.123. The first-order chi connectivity index (χ1) is 10.5. The number of nitrogens with one attached hydrogen (secondary N) is 1. The third-order valence-corrected chi connectivity index (χ3v) is 4.44. The summed E-state index contributed by atoms with van der Waals surface area (Å²) in [6.45, 7) is 5.17. The maximum Gasteiger partial charge on any atom is 0.225 e. The molecule has 3 rings (SSSR count). The van der Waals surface area contributed by atoms with Crippen molar-refractivity contribution in [2.45, 2.75) is 45.2 Å². The van der Waals surface area contributed by atoms with Crippen LogP contribution in [-0.2, 0) is 4.79 Å². The van der Waals surface area contributed by atoms with Crippen LogP contribution >= 0.6 is 0 Å². The molecule has 0 bridgehead atoms. The van der Waals surface area contributed by atoms with Crippen LogP contribution in [0.3, 0.4) is 0 Å². The minimum Gasteiger partial charge on any atom is -0.353 e. The van der Waals surface area contributed by atoms with Crippen molar-refractivity contribution in [3.63, 3.8) is 0 Å². The molecule has 6 heteroatoms. The van der Waals surface area contributed by atoms with Crippen molar-refractivity contribution >= 4 is 11.9 Å². The number of carbonyl (C=O) groups excluding carboxylic acids is 1. The molecule has 0 radical (unpaired) electrons. The summed E-state index contributed by atoms with van der Waals surface area (Å²) in [4.78, 5) is 22.5. The molecule has 22 heavy (non-hydrogen) atoms. The van der Waals surface area contributed by atoms with Crippen LogP contribution in [0.5, 0.6) is 0 Å². The number of aryl methyl sites for hydroxylation is 2. The van der Waals surface area contributed by atoms with Crippen LogP contribution in [0.1, 0.15) is 37.1 Å². The first-order valence-corrected chi connectivity index (χ1v) is 7.99. The van der Waals surface area contributed by atoms with E-state index in [1.54, 1.807) is 0 Å². The fourth-order valence-electron chi connectivity index (χ4n) is 2.87. The topological polar surface area (TPSA) is 58.1 Å². The van der Waals surface area contributed by atoms with Gasteiger partial charge in [-0.15, -0.1) is 0 Å². The van der Waals surface area contributed by atoms with Crippen molar-refractivity contribution < 1.29 is 9.18 Å². The second-order valence-corrected chi connectivity index (χ2v) is 6.58. The van der Waals surface area contributed by atoms with Crippen LogP contribution in [0.2, 0.25) is 0 Å². The largest absolute Gasteiger partial charge is 0.353 e. The van der Waals surface area contributed by atoms with Gasteiger partial charge >= 0.3 is 0 Å². The lowest BCUT2D eigenvalue weighted by Gasteiger charge is -2.36. The Hall–Kier alpha value is -1.72. The van der Waals surface area contributed by atoms with Crippen molar-refractivity contribution in [3.05, 3.63) is 17.5 Å². The van der Waals surface area contributed by atoms with Crippen LogP contribution in [0.4, 0.5) is 10.3 Å². The molecule has 1 aliphatic carbocycles. The first-order valence-electron chi connectivity index (χ1n) is 7.99. The van der Waals surface area contributed by atoms with E-state index in [0.717, 1.165) is 24.2 Å². The van der Waals surface area contributed by atoms with Gasteiger partial charge < -0.3 is 10.2 Å². The van der Waals surface area contributed by atoms with Crippen molar-refractivity contribution in [2.24, 2.45) is 5.92 Å². The Morgan fingerprint density at radius 1 is 1.32 bits per heavy atom. The summed E-state index contributed by atoms with van der Waals surface area (Å²) < 4.78 is 14.8. The third kappa shape index (κ3) is 3.54. The Bertz CT molecular complexity index is 545. The first kappa shape index (κ1) is 15.2. The molecule has 0 atom stereocenters. The van der Waals surface area contributed by atoms with Crippen LogP contribution in [0.25, 0.3) is 0 Å². The van der Waals surface area contributed by atoms with Crippen molar-refractivity contribution in [1.29, 1.82) is 0 Å². The van der Waals surface area contributed by atoms with Gasteiger partial charge in [-0.3, -0.25) is 4.79 Å². The molecule has 2 heterocycles. The number of rotatable bonds is 4. The zero-order valence-electron chi connectivity index (χ0n) is 13.2. The van der Waals surface area contributed by atoms with E-state index in [1.807, 2.05) is 24.8 Å². The molecule has 2 fully saturated rings. The molecular formula is C16H23FN4O. The Kier molecular flexibility index (Phi) is 4.02. The number of alkyl halides is 1. The molecule has 1 saturated heterocycles. The fraction of sp³-hybridized carbons (Fsp3) is 0.688. The Labute approximate surface area is 130 Å². The zero-order valence-corrected chi connectivity index (χ0v) is 13.2. The van der Waals surface area contributed by atoms with E-state index in [4.69, 9.17) is 0 Å². The van der Waals surface area contributed by atoms with Crippen LogP contribution in [0.15, 0.2) is 6.07 Å². The SMILES string of the molecule is Cc1cc(C)nc(N2CCC(F)(CNC(=O)C3CC3)CC2)n1. The average molecular weight is 306 g/mol. The molecule has 1 aliphatic heterocycles. The second-order valence-electron chi connectivity index (χ2n) is 6.58. The molecular weight excluding hydrogens is 283 g/mol. The molecule has 2 aliphatic rings. The number of nitrogens with zero attached hydrogens (tertiary/aromatic N) is 3. The van der Waals surface area contributed by atoms with E-state index >= 15 is 0 Å². The van der Waals surface area contributed by atoms with E-state index in [2.05, 4.69) is 15.3 Å². The molecule has 120 valence electrons. The molecule has 1 N–H and O–H groups in total. The van der Waals surface area contributed by atoms with Crippen LogP contribution < -0.4 is 10.2 Å². The number of hydrogen-bond acceptors (Lipinski definition) is 4. The fourth-order valence-corrected chi connectivity index (χ4v) is 2.87.